The maximum Gasteiger partial charge on any atom is 0.243 e. The lowest BCUT2D eigenvalue weighted by Gasteiger charge is -2.06. The Labute approximate surface area is 86.1 Å². The van der Waals surface area contributed by atoms with E-state index >= 15 is 0 Å². The van der Waals surface area contributed by atoms with Crippen LogP contribution in [0.2, 0.25) is 5.02 Å². The molecule has 0 fully saturated rings. The largest absolute Gasteiger partial charge is 0.308 e. The maximum atomic E-state index is 11.1. The molecule has 1 amide bonds. The summed E-state index contributed by atoms with van der Waals surface area (Å²) in [5, 5.41) is 2.29. The maximum absolute atomic E-state index is 11.1. The zero-order valence-electron chi connectivity index (χ0n) is 6.92. The van der Waals surface area contributed by atoms with E-state index in [2.05, 4.69) is 10.3 Å². The van der Waals surface area contributed by atoms with Crippen LogP contribution in [-0.4, -0.2) is 16.3 Å². The average Bonchev–Trinajstić information content (AvgIpc) is 2.08. The summed E-state index contributed by atoms with van der Waals surface area (Å²) in [6.45, 7) is 1.58. The van der Waals surface area contributed by atoms with Gasteiger partial charge < -0.3 is 5.32 Å². The van der Waals surface area contributed by atoms with Crippen LogP contribution in [-0.2, 0) is 4.79 Å². The summed E-state index contributed by atoms with van der Waals surface area (Å²) in [6.07, 6.45) is 1.54. The number of carbonyl (C=O) groups excluding carboxylic acids is 1. The van der Waals surface area contributed by atoms with E-state index in [1.807, 2.05) is 0 Å². The van der Waals surface area contributed by atoms with Crippen molar-refractivity contribution < 1.29 is 4.79 Å². The smallest absolute Gasteiger partial charge is 0.243 e. The summed E-state index contributed by atoms with van der Waals surface area (Å²) >= 11 is 11.3. The monoisotopic (exact) mass is 218 g/mol. The van der Waals surface area contributed by atoms with Crippen molar-refractivity contribution >= 4 is 34.9 Å². The molecule has 1 aromatic rings. The van der Waals surface area contributed by atoms with Crippen LogP contribution in [0.5, 0.6) is 0 Å². The SMILES string of the molecule is C[C@@H](Cl)C(=O)Nc1ncccc1Cl. The molecule has 0 saturated carbocycles. The number of hydrogen-bond donors (Lipinski definition) is 1. The molecule has 1 aromatic heterocycles. The third kappa shape index (κ3) is 2.86. The van der Waals surface area contributed by atoms with E-state index in [4.69, 9.17) is 23.2 Å². The number of amides is 1. The molecule has 0 spiro atoms. The summed E-state index contributed by atoms with van der Waals surface area (Å²) in [5.74, 6) is 0.0175. The van der Waals surface area contributed by atoms with Crippen LogP contribution in [0.15, 0.2) is 18.3 Å². The van der Waals surface area contributed by atoms with Gasteiger partial charge in [-0.2, -0.15) is 0 Å². The van der Waals surface area contributed by atoms with E-state index in [0.29, 0.717) is 10.8 Å². The second-order valence-corrected chi connectivity index (χ2v) is 3.50. The molecule has 1 rings (SSSR count). The van der Waals surface area contributed by atoms with Crippen molar-refractivity contribution in [2.24, 2.45) is 0 Å². The lowest BCUT2D eigenvalue weighted by Crippen LogP contribution is -2.21. The summed E-state index contributed by atoms with van der Waals surface area (Å²) in [6, 6.07) is 3.32. The molecule has 0 aromatic carbocycles. The first-order valence-electron chi connectivity index (χ1n) is 3.66. The molecule has 0 aliphatic heterocycles. The van der Waals surface area contributed by atoms with Crippen molar-refractivity contribution in [1.82, 2.24) is 4.98 Å². The lowest BCUT2D eigenvalue weighted by molar-refractivity contribution is -0.115. The van der Waals surface area contributed by atoms with Gasteiger partial charge in [-0.05, 0) is 19.1 Å². The number of alkyl halides is 1. The number of nitrogens with zero attached hydrogens (tertiary/aromatic N) is 1. The Morgan fingerprint density at radius 2 is 2.38 bits per heavy atom. The first-order valence-corrected chi connectivity index (χ1v) is 4.48. The molecule has 3 nitrogen and oxygen atoms in total. The van der Waals surface area contributed by atoms with Gasteiger partial charge in [0.25, 0.3) is 0 Å². The van der Waals surface area contributed by atoms with Gasteiger partial charge in [0, 0.05) is 6.20 Å². The fourth-order valence-electron chi connectivity index (χ4n) is 0.694. The van der Waals surface area contributed by atoms with Crippen molar-refractivity contribution in [2.45, 2.75) is 12.3 Å². The van der Waals surface area contributed by atoms with E-state index < -0.39 is 5.38 Å². The second kappa shape index (κ2) is 4.44. The summed E-state index contributed by atoms with van der Waals surface area (Å²) in [4.78, 5) is 15.0. The quantitative estimate of drug-likeness (QED) is 0.775. The number of anilines is 1. The number of nitrogens with one attached hydrogen (secondary N) is 1. The predicted molar refractivity (Wildman–Crippen MR) is 53.2 cm³/mol. The Morgan fingerprint density at radius 1 is 1.69 bits per heavy atom. The first-order chi connectivity index (χ1) is 6.11. The van der Waals surface area contributed by atoms with E-state index in [-0.39, 0.29) is 5.91 Å². The van der Waals surface area contributed by atoms with Gasteiger partial charge in [-0.3, -0.25) is 4.79 Å². The standard InChI is InChI=1S/C8H8Cl2N2O/c1-5(9)8(13)12-7-6(10)3-2-4-11-7/h2-5H,1H3,(H,11,12,13)/t5-/m1/s1. The highest BCUT2D eigenvalue weighted by Crippen LogP contribution is 2.17. The summed E-state index contributed by atoms with van der Waals surface area (Å²) < 4.78 is 0. The van der Waals surface area contributed by atoms with Gasteiger partial charge in [-0.1, -0.05) is 11.6 Å². The highest BCUT2D eigenvalue weighted by atomic mass is 35.5. The van der Waals surface area contributed by atoms with E-state index in [0.717, 1.165) is 0 Å². The molecule has 0 unspecified atom stereocenters. The molecule has 70 valence electrons. The predicted octanol–water partition coefficient (Wildman–Crippen LogP) is 2.30. The second-order valence-electron chi connectivity index (χ2n) is 2.44. The Hall–Kier alpha value is -0.800. The third-order valence-electron chi connectivity index (χ3n) is 1.36. The van der Waals surface area contributed by atoms with E-state index in [9.17, 15) is 4.79 Å². The third-order valence-corrected chi connectivity index (χ3v) is 1.86. The Bertz CT molecular complexity index is 315. The van der Waals surface area contributed by atoms with Crippen molar-refractivity contribution in [2.75, 3.05) is 5.32 Å². The van der Waals surface area contributed by atoms with Crippen LogP contribution in [0.1, 0.15) is 6.92 Å². The van der Waals surface area contributed by atoms with Gasteiger partial charge in [-0.15, -0.1) is 11.6 Å². The molecular weight excluding hydrogens is 211 g/mol. The summed E-state index contributed by atoms with van der Waals surface area (Å²) in [7, 11) is 0. The minimum absolute atomic E-state index is 0.317. The zero-order valence-corrected chi connectivity index (χ0v) is 8.43. The van der Waals surface area contributed by atoms with Crippen molar-refractivity contribution in [3.63, 3.8) is 0 Å². The Balaban J connectivity index is 2.75. The Morgan fingerprint density at radius 3 is 2.92 bits per heavy atom. The number of rotatable bonds is 2. The van der Waals surface area contributed by atoms with Crippen molar-refractivity contribution in [3.8, 4) is 0 Å². The molecule has 0 aliphatic rings. The van der Waals surface area contributed by atoms with Crippen LogP contribution in [0.4, 0.5) is 5.82 Å². The highest BCUT2D eigenvalue weighted by Gasteiger charge is 2.11. The fraction of sp³-hybridized carbons (Fsp3) is 0.250. The molecule has 0 bridgehead atoms. The van der Waals surface area contributed by atoms with Gasteiger partial charge in [0.05, 0.1) is 5.02 Å². The average molecular weight is 219 g/mol. The molecule has 1 heterocycles. The van der Waals surface area contributed by atoms with Crippen LogP contribution in [0.3, 0.4) is 0 Å². The minimum Gasteiger partial charge on any atom is -0.308 e. The summed E-state index contributed by atoms with van der Waals surface area (Å²) in [5.41, 5.74) is 0. The van der Waals surface area contributed by atoms with Crippen LogP contribution in [0, 0.1) is 0 Å². The van der Waals surface area contributed by atoms with Gasteiger partial charge >= 0.3 is 0 Å². The molecule has 1 atom stereocenters. The molecular formula is C8H8Cl2N2O. The number of hydrogen-bond acceptors (Lipinski definition) is 2. The molecule has 0 saturated heterocycles. The highest BCUT2D eigenvalue weighted by molar-refractivity contribution is 6.35. The van der Waals surface area contributed by atoms with Gasteiger partial charge in [0.2, 0.25) is 5.91 Å². The van der Waals surface area contributed by atoms with Crippen molar-refractivity contribution in [1.29, 1.82) is 0 Å². The first kappa shape index (κ1) is 10.3. The number of halogens is 2. The Kier molecular flexibility index (Phi) is 3.51. The van der Waals surface area contributed by atoms with E-state index in [1.54, 1.807) is 25.3 Å². The number of aromatic nitrogens is 1. The minimum atomic E-state index is -0.599. The van der Waals surface area contributed by atoms with Crippen molar-refractivity contribution in [3.05, 3.63) is 23.4 Å². The van der Waals surface area contributed by atoms with Crippen LogP contribution >= 0.6 is 23.2 Å². The van der Waals surface area contributed by atoms with Crippen LogP contribution < -0.4 is 5.32 Å². The van der Waals surface area contributed by atoms with Gasteiger partial charge in [0.1, 0.15) is 5.38 Å². The number of carbonyl (C=O) groups is 1. The molecule has 13 heavy (non-hydrogen) atoms. The molecule has 0 radical (unpaired) electrons. The fourth-order valence-corrected chi connectivity index (χ4v) is 0.917. The van der Waals surface area contributed by atoms with Gasteiger partial charge in [-0.25, -0.2) is 4.98 Å². The topological polar surface area (TPSA) is 42.0 Å². The molecule has 5 heteroatoms. The lowest BCUT2D eigenvalue weighted by atomic mass is 10.4. The van der Waals surface area contributed by atoms with Gasteiger partial charge in [0.15, 0.2) is 5.82 Å². The normalized spacial score (nSPS) is 12.2. The van der Waals surface area contributed by atoms with Crippen LogP contribution in [0.25, 0.3) is 0 Å². The molecule has 1 N–H and O–H groups in total. The number of pyridine rings is 1. The zero-order chi connectivity index (χ0) is 9.84. The molecule has 0 aliphatic carbocycles. The van der Waals surface area contributed by atoms with E-state index in [1.165, 1.54) is 0 Å².